The minimum absolute atomic E-state index is 0.195. The molecule has 2 aromatic carbocycles. The summed E-state index contributed by atoms with van der Waals surface area (Å²) in [7, 11) is 1.56. The van der Waals surface area contributed by atoms with Gasteiger partial charge in [0.15, 0.2) is 0 Å². The molecule has 0 fully saturated rings. The zero-order valence-corrected chi connectivity index (χ0v) is 16.1. The second kappa shape index (κ2) is 7.56. The van der Waals surface area contributed by atoms with Gasteiger partial charge in [0.25, 0.3) is 5.56 Å². The summed E-state index contributed by atoms with van der Waals surface area (Å²) in [6, 6.07) is 11.5. The minimum Gasteiger partial charge on any atom is -0.314 e. The lowest BCUT2D eigenvalue weighted by Gasteiger charge is -2.17. The van der Waals surface area contributed by atoms with E-state index in [9.17, 15) is 18.4 Å². The lowest BCUT2D eigenvalue weighted by molar-refractivity contribution is -0.118. The highest BCUT2D eigenvalue weighted by Gasteiger charge is 2.16. The number of aromatic nitrogens is 2. The van der Waals surface area contributed by atoms with Gasteiger partial charge in [-0.15, -0.1) is 11.3 Å². The molecule has 0 aliphatic rings. The molecular formula is C21H15F2N3O2S. The summed E-state index contributed by atoms with van der Waals surface area (Å²) < 4.78 is 27.9. The largest absolute Gasteiger partial charge is 0.314 e. The van der Waals surface area contributed by atoms with Crippen LogP contribution in [0.4, 0.5) is 14.5 Å². The Morgan fingerprint density at radius 3 is 2.34 bits per heavy atom. The molecule has 2 heterocycles. The van der Waals surface area contributed by atoms with Crippen LogP contribution in [0.3, 0.4) is 0 Å². The first-order valence-electron chi connectivity index (χ1n) is 8.69. The SMILES string of the molecule is CN(C(=O)Cn1cnc2c(-c3ccc(F)cc3)csc2c1=O)c1ccc(F)cc1. The molecule has 0 saturated heterocycles. The highest BCUT2D eigenvalue weighted by atomic mass is 32.1. The number of hydrogen-bond donors (Lipinski definition) is 0. The van der Waals surface area contributed by atoms with Crippen LogP contribution < -0.4 is 10.5 Å². The van der Waals surface area contributed by atoms with E-state index in [-0.39, 0.29) is 23.8 Å². The van der Waals surface area contributed by atoms with Gasteiger partial charge in [0.05, 0.1) is 11.8 Å². The number of benzene rings is 2. The normalized spacial score (nSPS) is 11.0. The number of hydrogen-bond acceptors (Lipinski definition) is 4. The minimum atomic E-state index is -0.393. The molecule has 0 aliphatic heterocycles. The number of halogens is 2. The Kier molecular flexibility index (Phi) is 4.94. The van der Waals surface area contributed by atoms with E-state index in [1.165, 1.54) is 63.5 Å². The average Bonchev–Trinajstić information content (AvgIpc) is 3.15. The number of anilines is 1. The first-order valence-corrected chi connectivity index (χ1v) is 9.56. The lowest BCUT2D eigenvalue weighted by Crippen LogP contribution is -2.33. The van der Waals surface area contributed by atoms with E-state index in [1.54, 1.807) is 24.6 Å². The Hall–Kier alpha value is -3.39. The molecule has 0 atom stereocenters. The van der Waals surface area contributed by atoms with Gasteiger partial charge >= 0.3 is 0 Å². The topological polar surface area (TPSA) is 55.2 Å². The van der Waals surface area contributed by atoms with Crippen LogP contribution in [-0.2, 0) is 11.3 Å². The van der Waals surface area contributed by atoms with Gasteiger partial charge in [-0.25, -0.2) is 13.8 Å². The van der Waals surface area contributed by atoms with Crippen molar-refractivity contribution >= 4 is 33.1 Å². The molecule has 146 valence electrons. The number of rotatable bonds is 4. The molecule has 29 heavy (non-hydrogen) atoms. The van der Waals surface area contributed by atoms with Crippen LogP contribution in [0, 0.1) is 11.6 Å². The monoisotopic (exact) mass is 411 g/mol. The van der Waals surface area contributed by atoms with Crippen molar-refractivity contribution in [3.05, 3.63) is 82.2 Å². The van der Waals surface area contributed by atoms with E-state index in [1.807, 2.05) is 0 Å². The molecule has 8 heteroatoms. The molecule has 4 rings (SSSR count). The second-order valence-electron chi connectivity index (χ2n) is 6.44. The van der Waals surface area contributed by atoms with E-state index in [2.05, 4.69) is 4.98 Å². The Morgan fingerprint density at radius 1 is 1.07 bits per heavy atom. The summed E-state index contributed by atoms with van der Waals surface area (Å²) in [5, 5.41) is 1.79. The van der Waals surface area contributed by atoms with Crippen molar-refractivity contribution in [2.45, 2.75) is 6.54 Å². The van der Waals surface area contributed by atoms with Crippen LogP contribution >= 0.6 is 11.3 Å². The maximum Gasteiger partial charge on any atom is 0.271 e. The highest BCUT2D eigenvalue weighted by molar-refractivity contribution is 7.17. The molecule has 4 aromatic rings. The van der Waals surface area contributed by atoms with Crippen molar-refractivity contribution in [3.63, 3.8) is 0 Å². The summed E-state index contributed by atoms with van der Waals surface area (Å²) in [5.74, 6) is -1.07. The number of nitrogens with zero attached hydrogens (tertiary/aromatic N) is 3. The van der Waals surface area contributed by atoms with Gasteiger partial charge in [-0.1, -0.05) is 12.1 Å². The maximum absolute atomic E-state index is 13.2. The Balaban J connectivity index is 1.63. The van der Waals surface area contributed by atoms with Crippen LogP contribution in [0.15, 0.2) is 65.0 Å². The summed E-state index contributed by atoms with van der Waals surface area (Å²) in [6.45, 7) is -0.195. The fourth-order valence-electron chi connectivity index (χ4n) is 2.95. The third-order valence-corrected chi connectivity index (χ3v) is 5.55. The molecule has 1 amide bonds. The first-order chi connectivity index (χ1) is 13.9. The van der Waals surface area contributed by atoms with E-state index >= 15 is 0 Å². The van der Waals surface area contributed by atoms with Gasteiger partial charge in [0, 0.05) is 23.7 Å². The predicted octanol–water partition coefficient (Wildman–Crippen LogP) is 4.07. The van der Waals surface area contributed by atoms with Crippen molar-refractivity contribution in [1.82, 2.24) is 9.55 Å². The number of carbonyl (C=O) groups is 1. The van der Waals surface area contributed by atoms with Gasteiger partial charge in [0.1, 0.15) is 22.9 Å². The molecule has 0 N–H and O–H groups in total. The van der Waals surface area contributed by atoms with Gasteiger partial charge in [-0.3, -0.25) is 14.2 Å². The van der Waals surface area contributed by atoms with Crippen LogP contribution in [-0.4, -0.2) is 22.5 Å². The second-order valence-corrected chi connectivity index (χ2v) is 7.32. The third kappa shape index (κ3) is 3.66. The fraction of sp³-hybridized carbons (Fsp3) is 0.0952. The zero-order chi connectivity index (χ0) is 20.5. The summed E-state index contributed by atoms with van der Waals surface area (Å²) in [5.41, 5.74) is 2.21. The van der Waals surface area contributed by atoms with Gasteiger partial charge in [-0.05, 0) is 42.0 Å². The van der Waals surface area contributed by atoms with Crippen molar-refractivity contribution in [2.75, 3.05) is 11.9 Å². The molecule has 0 radical (unpaired) electrons. The van der Waals surface area contributed by atoms with Gasteiger partial charge in [0.2, 0.25) is 5.91 Å². The van der Waals surface area contributed by atoms with E-state index < -0.39 is 5.82 Å². The van der Waals surface area contributed by atoms with Crippen LogP contribution in [0.25, 0.3) is 21.3 Å². The summed E-state index contributed by atoms with van der Waals surface area (Å²) in [6.07, 6.45) is 1.33. The number of thiophene rings is 1. The summed E-state index contributed by atoms with van der Waals surface area (Å²) >= 11 is 1.23. The predicted molar refractivity (Wildman–Crippen MR) is 109 cm³/mol. The number of amides is 1. The Morgan fingerprint density at radius 2 is 1.69 bits per heavy atom. The Labute approximate surface area is 168 Å². The Bertz CT molecular complexity index is 1250. The van der Waals surface area contributed by atoms with Crippen molar-refractivity contribution in [1.29, 1.82) is 0 Å². The molecular weight excluding hydrogens is 396 g/mol. The van der Waals surface area contributed by atoms with E-state index in [0.29, 0.717) is 15.9 Å². The van der Waals surface area contributed by atoms with Crippen molar-refractivity contribution in [3.8, 4) is 11.1 Å². The number of likely N-dealkylation sites (N-methyl/N-ethyl adjacent to an activating group) is 1. The maximum atomic E-state index is 13.2. The molecule has 0 aliphatic carbocycles. The van der Waals surface area contributed by atoms with Crippen molar-refractivity contribution in [2.24, 2.45) is 0 Å². The van der Waals surface area contributed by atoms with E-state index in [4.69, 9.17) is 0 Å². The highest BCUT2D eigenvalue weighted by Crippen LogP contribution is 2.30. The standard InChI is InChI=1S/C21H15F2N3O2S/c1-25(16-8-6-15(23)7-9-16)18(27)10-26-12-24-19-17(11-29-20(19)21(26)28)13-2-4-14(22)5-3-13/h2-9,11-12H,10H2,1H3. The number of carbonyl (C=O) groups excluding carboxylic acids is 1. The molecule has 0 spiro atoms. The lowest BCUT2D eigenvalue weighted by atomic mass is 10.1. The van der Waals surface area contributed by atoms with Crippen molar-refractivity contribution < 1.29 is 13.6 Å². The first kappa shape index (κ1) is 18.9. The molecule has 0 saturated carbocycles. The summed E-state index contributed by atoms with van der Waals surface area (Å²) in [4.78, 5) is 31.1. The van der Waals surface area contributed by atoms with Crippen LogP contribution in [0.2, 0.25) is 0 Å². The molecule has 2 aromatic heterocycles. The molecule has 0 bridgehead atoms. The van der Waals surface area contributed by atoms with Crippen LogP contribution in [0.5, 0.6) is 0 Å². The van der Waals surface area contributed by atoms with E-state index in [0.717, 1.165) is 11.1 Å². The molecule has 5 nitrogen and oxygen atoms in total. The molecule has 0 unspecified atom stereocenters. The number of fused-ring (bicyclic) bond motifs is 1. The van der Waals surface area contributed by atoms with Crippen LogP contribution in [0.1, 0.15) is 0 Å². The smallest absolute Gasteiger partial charge is 0.271 e. The third-order valence-electron chi connectivity index (χ3n) is 4.60. The quantitative estimate of drug-likeness (QED) is 0.509. The van der Waals surface area contributed by atoms with Gasteiger partial charge in [-0.2, -0.15) is 0 Å². The zero-order valence-electron chi connectivity index (χ0n) is 15.3. The average molecular weight is 411 g/mol. The fourth-order valence-corrected chi connectivity index (χ4v) is 3.93. The van der Waals surface area contributed by atoms with Gasteiger partial charge < -0.3 is 4.90 Å².